The van der Waals surface area contributed by atoms with Crippen molar-refractivity contribution in [2.75, 3.05) is 14.1 Å². The molecule has 0 aliphatic heterocycles. The van der Waals surface area contributed by atoms with Crippen LogP contribution in [-0.4, -0.2) is 38.5 Å². The van der Waals surface area contributed by atoms with E-state index < -0.39 is 12.3 Å². The SMILES string of the molecule is CNC1CCC(F)CC1.CNC1CCC(F)CC1.Cl.Cl. The molecule has 0 aromatic carbocycles. The lowest BCUT2D eigenvalue weighted by Crippen LogP contribution is -2.30. The van der Waals surface area contributed by atoms with E-state index in [1.54, 1.807) is 0 Å². The lowest BCUT2D eigenvalue weighted by molar-refractivity contribution is 0.224. The minimum absolute atomic E-state index is 0. The molecule has 0 radical (unpaired) electrons. The molecule has 20 heavy (non-hydrogen) atoms. The summed E-state index contributed by atoms with van der Waals surface area (Å²) in [6.45, 7) is 0. The van der Waals surface area contributed by atoms with Crippen LogP contribution >= 0.6 is 24.8 Å². The average molecular weight is 335 g/mol. The third kappa shape index (κ3) is 9.32. The van der Waals surface area contributed by atoms with Gasteiger partial charge in [0.2, 0.25) is 0 Å². The lowest BCUT2D eigenvalue weighted by Gasteiger charge is -2.23. The largest absolute Gasteiger partial charge is 0.317 e. The Bertz CT molecular complexity index is 185. The first-order chi connectivity index (χ1) is 8.65. The molecule has 0 spiro atoms. The van der Waals surface area contributed by atoms with E-state index in [2.05, 4.69) is 10.6 Å². The van der Waals surface area contributed by atoms with Gasteiger partial charge in [-0.3, -0.25) is 0 Å². The maximum absolute atomic E-state index is 12.5. The van der Waals surface area contributed by atoms with E-state index >= 15 is 0 Å². The summed E-state index contributed by atoms with van der Waals surface area (Å²) in [4.78, 5) is 0. The molecule has 2 aliphatic rings. The Morgan fingerprint density at radius 2 is 0.850 bits per heavy atom. The highest BCUT2D eigenvalue weighted by Crippen LogP contribution is 2.20. The van der Waals surface area contributed by atoms with Gasteiger partial charge in [0.1, 0.15) is 12.3 Å². The van der Waals surface area contributed by atoms with Crippen LogP contribution in [0.2, 0.25) is 0 Å². The number of hydrogen-bond acceptors (Lipinski definition) is 2. The highest BCUT2D eigenvalue weighted by molar-refractivity contribution is 5.85. The van der Waals surface area contributed by atoms with E-state index in [0.29, 0.717) is 12.1 Å². The molecule has 0 heterocycles. The topological polar surface area (TPSA) is 24.1 Å². The molecular formula is C14H30Cl2F2N2. The first-order valence-corrected chi connectivity index (χ1v) is 7.28. The third-order valence-corrected chi connectivity index (χ3v) is 4.13. The number of alkyl halides is 2. The summed E-state index contributed by atoms with van der Waals surface area (Å²) in [7, 11) is 3.90. The van der Waals surface area contributed by atoms with Crippen LogP contribution in [0.1, 0.15) is 51.4 Å². The average Bonchev–Trinajstić information content (AvgIpc) is 2.41. The summed E-state index contributed by atoms with van der Waals surface area (Å²) in [6.07, 6.45) is 6.03. The van der Waals surface area contributed by atoms with Gasteiger partial charge in [-0.15, -0.1) is 24.8 Å². The van der Waals surface area contributed by atoms with Crippen LogP contribution in [0.5, 0.6) is 0 Å². The molecule has 0 aromatic rings. The van der Waals surface area contributed by atoms with Gasteiger partial charge in [0.05, 0.1) is 0 Å². The summed E-state index contributed by atoms with van der Waals surface area (Å²) in [5, 5.41) is 6.32. The molecule has 2 rings (SSSR count). The second-order valence-electron chi connectivity index (χ2n) is 5.48. The Balaban J connectivity index is 0. The summed E-state index contributed by atoms with van der Waals surface area (Å²) in [5.74, 6) is 0. The van der Waals surface area contributed by atoms with Crippen molar-refractivity contribution >= 4 is 24.8 Å². The van der Waals surface area contributed by atoms with Gasteiger partial charge in [0, 0.05) is 12.1 Å². The summed E-state index contributed by atoms with van der Waals surface area (Å²) >= 11 is 0. The van der Waals surface area contributed by atoms with E-state index in [-0.39, 0.29) is 24.8 Å². The summed E-state index contributed by atoms with van der Waals surface area (Å²) in [6, 6.07) is 1.16. The fourth-order valence-electron chi connectivity index (χ4n) is 2.68. The Morgan fingerprint density at radius 3 is 1.05 bits per heavy atom. The molecule has 2 N–H and O–H groups in total. The highest BCUT2D eigenvalue weighted by Gasteiger charge is 2.19. The van der Waals surface area contributed by atoms with Crippen LogP contribution in [0, 0.1) is 0 Å². The van der Waals surface area contributed by atoms with Crippen molar-refractivity contribution in [2.24, 2.45) is 0 Å². The number of rotatable bonds is 2. The molecule has 2 aliphatic carbocycles. The van der Waals surface area contributed by atoms with Crippen molar-refractivity contribution in [1.29, 1.82) is 0 Å². The molecule has 2 nitrogen and oxygen atoms in total. The Morgan fingerprint density at radius 1 is 0.600 bits per heavy atom. The molecule has 6 heteroatoms. The fourth-order valence-corrected chi connectivity index (χ4v) is 2.68. The monoisotopic (exact) mass is 334 g/mol. The maximum atomic E-state index is 12.5. The van der Waals surface area contributed by atoms with Gasteiger partial charge < -0.3 is 10.6 Å². The fraction of sp³-hybridized carbons (Fsp3) is 1.00. The highest BCUT2D eigenvalue weighted by atomic mass is 35.5. The van der Waals surface area contributed by atoms with Crippen LogP contribution in [0.3, 0.4) is 0 Å². The molecule has 124 valence electrons. The van der Waals surface area contributed by atoms with Crippen molar-refractivity contribution in [1.82, 2.24) is 10.6 Å². The summed E-state index contributed by atoms with van der Waals surface area (Å²) in [5.41, 5.74) is 0. The van der Waals surface area contributed by atoms with Gasteiger partial charge in [0.15, 0.2) is 0 Å². The van der Waals surface area contributed by atoms with E-state index in [4.69, 9.17) is 0 Å². The zero-order valence-corrected chi connectivity index (χ0v) is 14.2. The van der Waals surface area contributed by atoms with Crippen LogP contribution in [0.4, 0.5) is 8.78 Å². The molecule has 0 amide bonds. The standard InChI is InChI=1S/2C7H14FN.2ClH/c2*1-9-7-4-2-6(8)3-5-7;;/h2*6-7,9H,2-5H2,1H3;2*1H. The molecule has 0 atom stereocenters. The second-order valence-corrected chi connectivity index (χ2v) is 5.48. The van der Waals surface area contributed by atoms with Crippen molar-refractivity contribution in [3.8, 4) is 0 Å². The van der Waals surface area contributed by atoms with Gasteiger partial charge in [-0.2, -0.15) is 0 Å². The molecule has 2 saturated carbocycles. The zero-order chi connectivity index (χ0) is 13.4. The van der Waals surface area contributed by atoms with Crippen molar-refractivity contribution in [2.45, 2.75) is 75.8 Å². The minimum Gasteiger partial charge on any atom is -0.317 e. The number of halogens is 4. The Labute approximate surface area is 134 Å². The molecular weight excluding hydrogens is 305 g/mol. The molecule has 0 bridgehead atoms. The molecule has 0 saturated heterocycles. The smallest absolute Gasteiger partial charge is 0.100 e. The predicted octanol–water partition coefficient (Wildman–Crippen LogP) is 3.82. The van der Waals surface area contributed by atoms with Crippen LogP contribution in [0.15, 0.2) is 0 Å². The maximum Gasteiger partial charge on any atom is 0.100 e. The first-order valence-electron chi connectivity index (χ1n) is 7.28. The summed E-state index contributed by atoms with van der Waals surface area (Å²) < 4.78 is 24.9. The Hall–Kier alpha value is 0.360. The normalized spacial score (nSPS) is 33.0. The number of hydrogen-bond donors (Lipinski definition) is 2. The van der Waals surface area contributed by atoms with E-state index in [1.165, 1.54) is 0 Å². The van der Waals surface area contributed by atoms with E-state index in [0.717, 1.165) is 51.4 Å². The lowest BCUT2D eigenvalue weighted by atomic mass is 9.94. The van der Waals surface area contributed by atoms with Crippen molar-refractivity contribution in [3.63, 3.8) is 0 Å². The van der Waals surface area contributed by atoms with Crippen LogP contribution in [-0.2, 0) is 0 Å². The van der Waals surface area contributed by atoms with Crippen molar-refractivity contribution < 1.29 is 8.78 Å². The minimum atomic E-state index is -0.519. The predicted molar refractivity (Wildman–Crippen MR) is 86.9 cm³/mol. The molecule has 2 fully saturated rings. The van der Waals surface area contributed by atoms with Gasteiger partial charge in [-0.1, -0.05) is 0 Å². The molecule has 0 aromatic heterocycles. The third-order valence-electron chi connectivity index (χ3n) is 4.13. The Kier molecular flexibility index (Phi) is 14.8. The van der Waals surface area contributed by atoms with E-state index in [9.17, 15) is 8.78 Å². The van der Waals surface area contributed by atoms with Gasteiger partial charge in [0.25, 0.3) is 0 Å². The van der Waals surface area contributed by atoms with Crippen LogP contribution in [0.25, 0.3) is 0 Å². The first kappa shape index (κ1) is 22.6. The number of nitrogens with one attached hydrogen (secondary N) is 2. The van der Waals surface area contributed by atoms with Gasteiger partial charge in [-0.25, -0.2) is 8.78 Å². The zero-order valence-electron chi connectivity index (χ0n) is 12.5. The van der Waals surface area contributed by atoms with Gasteiger partial charge >= 0.3 is 0 Å². The van der Waals surface area contributed by atoms with E-state index in [1.807, 2.05) is 14.1 Å². The van der Waals surface area contributed by atoms with Crippen LogP contribution < -0.4 is 10.6 Å². The quantitative estimate of drug-likeness (QED) is 0.802. The van der Waals surface area contributed by atoms with Gasteiger partial charge in [-0.05, 0) is 65.5 Å². The van der Waals surface area contributed by atoms with Crippen molar-refractivity contribution in [3.05, 3.63) is 0 Å². The second kappa shape index (κ2) is 13.1. The molecule has 0 unspecified atom stereocenters.